The molecule has 0 fully saturated rings. The second-order valence-electron chi connectivity index (χ2n) is 7.00. The van der Waals surface area contributed by atoms with Crippen LogP contribution in [0.4, 0.5) is 4.39 Å². The van der Waals surface area contributed by atoms with E-state index in [0.717, 1.165) is 39.4 Å². The number of carbonyl (C=O) groups is 1. The van der Waals surface area contributed by atoms with E-state index in [2.05, 4.69) is 5.32 Å². The number of ether oxygens (including phenoxy) is 1. The van der Waals surface area contributed by atoms with Crippen LogP contribution in [0.25, 0.3) is 32.8 Å². The summed E-state index contributed by atoms with van der Waals surface area (Å²) in [6.07, 6.45) is 1.10. The number of rotatable bonds is 6. The van der Waals surface area contributed by atoms with Gasteiger partial charge in [-0.2, -0.15) is 0 Å². The summed E-state index contributed by atoms with van der Waals surface area (Å²) < 4.78 is 21.5. The van der Waals surface area contributed by atoms with E-state index in [9.17, 15) is 9.18 Å². The zero-order chi connectivity index (χ0) is 21.3. The van der Waals surface area contributed by atoms with Crippen LogP contribution in [0.3, 0.4) is 0 Å². The molecule has 1 heterocycles. The summed E-state index contributed by atoms with van der Waals surface area (Å²) in [4.78, 5) is 12.7. The Hall–Kier alpha value is -3.67. The van der Waals surface area contributed by atoms with E-state index in [4.69, 9.17) is 10.1 Å². The highest BCUT2D eigenvalue weighted by atomic mass is 19.1. The molecule has 152 valence electrons. The van der Waals surface area contributed by atoms with E-state index < -0.39 is 0 Å². The number of esters is 1. The normalized spacial score (nSPS) is 11.0. The highest BCUT2D eigenvalue weighted by Gasteiger charge is 2.22. The molecule has 4 aromatic rings. The van der Waals surface area contributed by atoms with Crippen LogP contribution in [0, 0.1) is 11.2 Å². The standard InChI is InChI=1S/C24H22FN3O2/c1-3-30-24(29)23-19-9-8-15(12-21(19)28(2)22(23)13-27-14-26)16-10-11-20(25)18-7-5-4-6-17(16)18/h4-12,14H,3,13H2,1-2H3,(H2,26,27). The predicted molar refractivity (Wildman–Crippen MR) is 117 cm³/mol. The summed E-state index contributed by atoms with van der Waals surface area (Å²) in [5.74, 6) is -0.635. The first kappa shape index (κ1) is 19.6. The fourth-order valence-electron chi connectivity index (χ4n) is 3.96. The van der Waals surface area contributed by atoms with Gasteiger partial charge in [0.15, 0.2) is 0 Å². The molecule has 30 heavy (non-hydrogen) atoms. The molecule has 0 saturated carbocycles. The van der Waals surface area contributed by atoms with Gasteiger partial charge in [0.2, 0.25) is 0 Å². The van der Waals surface area contributed by atoms with Crippen molar-refractivity contribution in [1.29, 1.82) is 5.41 Å². The van der Waals surface area contributed by atoms with E-state index in [0.29, 0.717) is 17.5 Å². The summed E-state index contributed by atoms with van der Waals surface area (Å²) in [5.41, 5.74) is 3.96. The Bertz CT molecular complexity index is 1280. The van der Waals surface area contributed by atoms with E-state index in [1.54, 1.807) is 19.1 Å². The maximum atomic E-state index is 14.3. The predicted octanol–water partition coefficient (Wildman–Crippen LogP) is 5.01. The summed E-state index contributed by atoms with van der Waals surface area (Å²) in [6.45, 7) is 2.39. The Kier molecular flexibility index (Phi) is 5.23. The lowest BCUT2D eigenvalue weighted by atomic mass is 9.97. The van der Waals surface area contributed by atoms with Gasteiger partial charge >= 0.3 is 5.97 Å². The van der Waals surface area contributed by atoms with Gasteiger partial charge in [-0.1, -0.05) is 42.5 Å². The highest BCUT2D eigenvalue weighted by molar-refractivity contribution is 6.07. The van der Waals surface area contributed by atoms with Gasteiger partial charge in [-0.15, -0.1) is 0 Å². The van der Waals surface area contributed by atoms with E-state index in [1.807, 2.05) is 48.0 Å². The molecule has 0 saturated heterocycles. The molecule has 0 aliphatic carbocycles. The lowest BCUT2D eigenvalue weighted by Crippen LogP contribution is -2.16. The number of nitrogens with one attached hydrogen (secondary N) is 2. The maximum absolute atomic E-state index is 14.3. The molecule has 0 unspecified atom stereocenters. The van der Waals surface area contributed by atoms with E-state index in [1.165, 1.54) is 6.07 Å². The van der Waals surface area contributed by atoms with E-state index >= 15 is 0 Å². The molecule has 4 rings (SSSR count). The van der Waals surface area contributed by atoms with Crippen molar-refractivity contribution >= 4 is 34.0 Å². The smallest absolute Gasteiger partial charge is 0.340 e. The third-order valence-electron chi connectivity index (χ3n) is 5.35. The van der Waals surface area contributed by atoms with Crippen molar-refractivity contribution in [2.75, 3.05) is 6.61 Å². The lowest BCUT2D eigenvalue weighted by molar-refractivity contribution is 0.0527. The van der Waals surface area contributed by atoms with Crippen molar-refractivity contribution in [2.24, 2.45) is 7.05 Å². The zero-order valence-electron chi connectivity index (χ0n) is 16.8. The molecule has 0 aliphatic rings. The molecular formula is C24H22FN3O2. The number of halogens is 1. The molecular weight excluding hydrogens is 381 g/mol. The first-order valence-corrected chi connectivity index (χ1v) is 9.75. The third-order valence-corrected chi connectivity index (χ3v) is 5.35. The summed E-state index contributed by atoms with van der Waals surface area (Å²) in [7, 11) is 1.89. The Morgan fingerprint density at radius 3 is 2.63 bits per heavy atom. The Balaban J connectivity index is 1.94. The molecule has 1 aromatic heterocycles. The van der Waals surface area contributed by atoms with Crippen molar-refractivity contribution in [3.63, 3.8) is 0 Å². The van der Waals surface area contributed by atoms with Gasteiger partial charge in [-0.25, -0.2) is 9.18 Å². The molecule has 0 amide bonds. The molecule has 0 atom stereocenters. The van der Waals surface area contributed by atoms with Crippen LogP contribution in [0.2, 0.25) is 0 Å². The van der Waals surface area contributed by atoms with Gasteiger partial charge in [0, 0.05) is 23.3 Å². The Morgan fingerprint density at radius 1 is 1.13 bits per heavy atom. The van der Waals surface area contributed by atoms with Gasteiger partial charge in [0.05, 0.1) is 30.7 Å². The molecule has 6 heteroatoms. The zero-order valence-corrected chi connectivity index (χ0v) is 16.8. The van der Waals surface area contributed by atoms with E-state index in [-0.39, 0.29) is 18.4 Å². The first-order chi connectivity index (χ1) is 14.6. The minimum atomic E-state index is -0.384. The van der Waals surface area contributed by atoms with Crippen LogP contribution in [0.5, 0.6) is 0 Å². The van der Waals surface area contributed by atoms with Gasteiger partial charge in [0.25, 0.3) is 0 Å². The molecule has 2 N–H and O–H groups in total. The maximum Gasteiger partial charge on any atom is 0.340 e. The SMILES string of the molecule is CCOC(=O)c1c(CNC=N)n(C)c2cc(-c3ccc(F)c4ccccc34)ccc12. The second-order valence-corrected chi connectivity index (χ2v) is 7.00. The van der Waals surface area contributed by atoms with Crippen LogP contribution in [-0.4, -0.2) is 23.5 Å². The average molecular weight is 403 g/mol. The van der Waals surface area contributed by atoms with Gasteiger partial charge in [0.1, 0.15) is 5.82 Å². The Labute approximate surface area is 173 Å². The number of nitrogens with zero attached hydrogens (tertiary/aromatic N) is 1. The van der Waals surface area contributed by atoms with Crippen molar-refractivity contribution in [3.8, 4) is 11.1 Å². The van der Waals surface area contributed by atoms with Crippen molar-refractivity contribution in [3.05, 3.63) is 71.7 Å². The van der Waals surface area contributed by atoms with Crippen molar-refractivity contribution < 1.29 is 13.9 Å². The van der Waals surface area contributed by atoms with Gasteiger partial charge in [-0.3, -0.25) is 5.41 Å². The minimum absolute atomic E-state index is 0.251. The molecule has 5 nitrogen and oxygen atoms in total. The molecule has 3 aromatic carbocycles. The molecule has 0 radical (unpaired) electrons. The van der Waals surface area contributed by atoms with Crippen LogP contribution in [0.1, 0.15) is 23.0 Å². The number of aromatic nitrogens is 1. The number of benzene rings is 3. The molecule has 0 bridgehead atoms. The topological polar surface area (TPSA) is 67.1 Å². The van der Waals surface area contributed by atoms with Crippen LogP contribution in [0.15, 0.2) is 54.6 Å². The van der Waals surface area contributed by atoms with Gasteiger partial charge in [-0.05, 0) is 35.6 Å². The Morgan fingerprint density at radius 2 is 1.90 bits per heavy atom. The molecule has 0 aliphatic heterocycles. The number of aryl methyl sites for hydroxylation is 1. The van der Waals surface area contributed by atoms with Crippen LogP contribution in [-0.2, 0) is 18.3 Å². The largest absolute Gasteiger partial charge is 0.462 e. The number of carbonyl (C=O) groups excluding carboxylic acids is 1. The first-order valence-electron chi connectivity index (χ1n) is 9.75. The van der Waals surface area contributed by atoms with Crippen molar-refractivity contribution in [1.82, 2.24) is 9.88 Å². The molecule has 0 spiro atoms. The number of hydrogen-bond donors (Lipinski definition) is 2. The summed E-state index contributed by atoms with van der Waals surface area (Å²) >= 11 is 0. The summed E-state index contributed by atoms with van der Waals surface area (Å²) in [6, 6.07) is 16.5. The third kappa shape index (κ3) is 3.20. The monoisotopic (exact) mass is 403 g/mol. The van der Waals surface area contributed by atoms with Gasteiger partial charge < -0.3 is 14.6 Å². The fraction of sp³-hybridized carbons (Fsp3) is 0.167. The minimum Gasteiger partial charge on any atom is -0.462 e. The summed E-state index contributed by atoms with van der Waals surface area (Å²) in [5, 5.41) is 12.3. The van der Waals surface area contributed by atoms with Crippen molar-refractivity contribution in [2.45, 2.75) is 13.5 Å². The van der Waals surface area contributed by atoms with Crippen LogP contribution >= 0.6 is 0 Å². The van der Waals surface area contributed by atoms with Crippen LogP contribution < -0.4 is 5.32 Å². The average Bonchev–Trinajstić information content (AvgIpc) is 3.04. The number of hydrogen-bond acceptors (Lipinski definition) is 3. The fourth-order valence-corrected chi connectivity index (χ4v) is 3.96. The highest BCUT2D eigenvalue weighted by Crippen LogP contribution is 2.34. The number of fused-ring (bicyclic) bond motifs is 2. The lowest BCUT2D eigenvalue weighted by Gasteiger charge is -2.09. The quantitative estimate of drug-likeness (QED) is 0.270. The second kappa shape index (κ2) is 7.99.